The molecule has 2 saturated carbocycles. The lowest BCUT2D eigenvalue weighted by Crippen LogP contribution is -2.54. The minimum Gasteiger partial charge on any atom is -0.481 e. The van der Waals surface area contributed by atoms with Gasteiger partial charge in [-0.25, -0.2) is 0 Å². The number of carboxylic acid groups (broad SMARTS) is 1. The summed E-state index contributed by atoms with van der Waals surface area (Å²) in [6, 6.07) is 0. The van der Waals surface area contributed by atoms with Gasteiger partial charge in [0.1, 0.15) is 5.78 Å². The summed E-state index contributed by atoms with van der Waals surface area (Å²) in [7, 11) is 0. The first-order valence-electron chi connectivity index (χ1n) is 14.8. The molecule has 4 aliphatic carbocycles. The van der Waals surface area contributed by atoms with E-state index in [4.69, 9.17) is 0 Å². The summed E-state index contributed by atoms with van der Waals surface area (Å²) in [5.74, 6) is -0.234. The molecule has 5 heteroatoms. The number of ketones is 1. The van der Waals surface area contributed by atoms with Crippen LogP contribution < -0.4 is 0 Å². The van der Waals surface area contributed by atoms with Crippen LogP contribution in [0.25, 0.3) is 0 Å². The molecular formula is C32H52O5. The van der Waals surface area contributed by atoms with Gasteiger partial charge in [0.25, 0.3) is 0 Å². The number of rotatable bonds is 7. The van der Waals surface area contributed by atoms with Crippen molar-refractivity contribution >= 4 is 11.8 Å². The maximum Gasteiger partial charge on any atom is 0.306 e. The van der Waals surface area contributed by atoms with Crippen LogP contribution in [0.1, 0.15) is 120 Å². The lowest BCUT2D eigenvalue weighted by molar-refractivity contribution is -0.148. The molecule has 0 aromatic rings. The Morgan fingerprint density at radius 1 is 0.946 bits per heavy atom. The first kappa shape index (κ1) is 28.8. The average Bonchev–Trinajstić information content (AvgIpc) is 3.04. The van der Waals surface area contributed by atoms with Gasteiger partial charge in [0.05, 0.1) is 17.6 Å². The number of allylic oxidation sites excluding steroid dienone is 2. The summed E-state index contributed by atoms with van der Waals surface area (Å²) in [5.41, 5.74) is 2.03. The van der Waals surface area contributed by atoms with Crippen LogP contribution in [0.5, 0.6) is 0 Å². The Balaban J connectivity index is 1.66. The number of fused-ring (bicyclic) bond motifs is 4. The molecule has 0 heterocycles. The zero-order chi connectivity index (χ0) is 27.8. The minimum atomic E-state index is -1.23. The normalized spacial score (nSPS) is 40.9. The molecule has 3 N–H and O–H groups in total. The highest BCUT2D eigenvalue weighted by Gasteiger charge is 2.64. The standard InChI is InChI=1S/C32H52O5/c1-19(33)21-13-16-30(6)23-15-18-31(7)22(20(27(35)36)9-12-26(34)29(4,5)37)14-17-32(31,8)24(23)10-11-25(30)28(21,2)3/h20-22,25-26,34,37H,9-18H2,1-8H3,(H,35,36)/t20-,21+,22-,25+,26?,30-,31-,32+/m1/s1. The second-order valence-corrected chi connectivity index (χ2v) is 15.1. The lowest BCUT2D eigenvalue weighted by Gasteiger charge is -2.62. The van der Waals surface area contributed by atoms with Crippen LogP contribution in [0.3, 0.4) is 0 Å². The van der Waals surface area contributed by atoms with Gasteiger partial charge < -0.3 is 15.3 Å². The molecule has 5 nitrogen and oxygen atoms in total. The molecule has 8 atom stereocenters. The summed E-state index contributed by atoms with van der Waals surface area (Å²) >= 11 is 0. The highest BCUT2D eigenvalue weighted by atomic mass is 16.4. The van der Waals surface area contributed by atoms with E-state index in [0.29, 0.717) is 24.5 Å². The minimum absolute atomic E-state index is 0.00699. The van der Waals surface area contributed by atoms with E-state index in [1.807, 2.05) is 0 Å². The summed E-state index contributed by atoms with van der Waals surface area (Å²) in [4.78, 5) is 25.1. The highest BCUT2D eigenvalue weighted by molar-refractivity contribution is 5.79. The molecule has 37 heavy (non-hydrogen) atoms. The zero-order valence-corrected chi connectivity index (χ0v) is 24.6. The Kier molecular flexibility index (Phi) is 7.15. The number of aliphatic carboxylic acids is 1. The molecule has 0 saturated heterocycles. The predicted molar refractivity (Wildman–Crippen MR) is 146 cm³/mol. The zero-order valence-electron chi connectivity index (χ0n) is 24.6. The van der Waals surface area contributed by atoms with Gasteiger partial charge in [-0.3, -0.25) is 9.59 Å². The highest BCUT2D eigenvalue weighted by Crippen LogP contribution is 2.73. The number of carboxylic acids is 1. The molecule has 0 aromatic carbocycles. The maximum absolute atomic E-state index is 12.6. The number of carbonyl (C=O) groups excluding carboxylic acids is 1. The second kappa shape index (κ2) is 9.18. The van der Waals surface area contributed by atoms with Gasteiger partial charge >= 0.3 is 5.97 Å². The van der Waals surface area contributed by atoms with Gasteiger partial charge in [-0.15, -0.1) is 0 Å². The van der Waals surface area contributed by atoms with Crippen molar-refractivity contribution in [3.05, 3.63) is 11.1 Å². The molecule has 0 aliphatic heterocycles. The lowest BCUT2D eigenvalue weighted by atomic mass is 9.42. The molecule has 0 amide bonds. The number of Topliss-reactive ketones (excluding diaryl/α,β-unsaturated/α-hetero) is 1. The molecule has 0 radical (unpaired) electrons. The molecule has 0 spiro atoms. The van der Waals surface area contributed by atoms with Gasteiger partial charge in [0, 0.05) is 5.92 Å². The molecular weight excluding hydrogens is 464 g/mol. The quantitative estimate of drug-likeness (QED) is 0.333. The number of aliphatic hydroxyl groups is 2. The number of aliphatic hydroxyl groups excluding tert-OH is 1. The van der Waals surface area contributed by atoms with Gasteiger partial charge in [0.15, 0.2) is 0 Å². The monoisotopic (exact) mass is 516 g/mol. The predicted octanol–water partition coefficient (Wildman–Crippen LogP) is 6.55. The van der Waals surface area contributed by atoms with Gasteiger partial charge in [-0.05, 0) is 118 Å². The number of hydrogen-bond donors (Lipinski definition) is 3. The van der Waals surface area contributed by atoms with Gasteiger partial charge in [-0.1, -0.05) is 45.8 Å². The molecule has 210 valence electrons. The molecule has 0 bridgehead atoms. The van der Waals surface area contributed by atoms with Crippen LogP contribution in [0, 0.1) is 45.3 Å². The molecule has 1 unspecified atom stereocenters. The third kappa shape index (κ3) is 4.26. The van der Waals surface area contributed by atoms with Crippen molar-refractivity contribution in [1.29, 1.82) is 0 Å². The molecule has 4 aliphatic rings. The van der Waals surface area contributed by atoms with E-state index in [1.54, 1.807) is 31.9 Å². The van der Waals surface area contributed by atoms with Crippen LogP contribution in [0.15, 0.2) is 11.1 Å². The molecule has 2 fully saturated rings. The van der Waals surface area contributed by atoms with Crippen molar-refractivity contribution < 1.29 is 24.9 Å². The van der Waals surface area contributed by atoms with Crippen LogP contribution in [-0.2, 0) is 9.59 Å². The number of hydrogen-bond acceptors (Lipinski definition) is 4. The van der Waals surface area contributed by atoms with Crippen molar-refractivity contribution in [2.75, 3.05) is 0 Å². The Morgan fingerprint density at radius 2 is 1.59 bits per heavy atom. The maximum atomic E-state index is 12.6. The summed E-state index contributed by atoms with van der Waals surface area (Å²) in [6.07, 6.45) is 7.93. The summed E-state index contributed by atoms with van der Waals surface area (Å²) in [6.45, 7) is 16.8. The van der Waals surface area contributed by atoms with E-state index in [1.165, 1.54) is 0 Å². The van der Waals surface area contributed by atoms with E-state index < -0.39 is 23.6 Å². The van der Waals surface area contributed by atoms with Crippen LogP contribution in [0.4, 0.5) is 0 Å². The van der Waals surface area contributed by atoms with Gasteiger partial charge in [0.2, 0.25) is 0 Å². The smallest absolute Gasteiger partial charge is 0.306 e. The fourth-order valence-electron chi connectivity index (χ4n) is 10.3. The third-order valence-electron chi connectivity index (χ3n) is 12.7. The third-order valence-corrected chi connectivity index (χ3v) is 12.7. The largest absolute Gasteiger partial charge is 0.481 e. The first-order valence-corrected chi connectivity index (χ1v) is 14.8. The van der Waals surface area contributed by atoms with Crippen molar-refractivity contribution in [2.24, 2.45) is 45.3 Å². The van der Waals surface area contributed by atoms with Crippen LogP contribution in [-0.4, -0.2) is 38.8 Å². The van der Waals surface area contributed by atoms with Crippen molar-refractivity contribution in [1.82, 2.24) is 0 Å². The Labute approximate surface area is 224 Å². The fourth-order valence-corrected chi connectivity index (χ4v) is 10.3. The summed E-state index contributed by atoms with van der Waals surface area (Å²) in [5, 5.41) is 30.9. The summed E-state index contributed by atoms with van der Waals surface area (Å²) < 4.78 is 0. The SMILES string of the molecule is CC(=O)[C@@H]1CC[C@]2(C)C3=C(CC[C@H]2C1(C)C)[C@]1(C)CC[C@H]([C@@H](CCC(O)C(C)(C)O)C(=O)O)[C@@]1(C)CC3. The van der Waals surface area contributed by atoms with Crippen molar-refractivity contribution in [3.63, 3.8) is 0 Å². The molecule has 4 rings (SSSR count). The fraction of sp³-hybridized carbons (Fsp3) is 0.875. The first-order chi connectivity index (χ1) is 16.9. The van der Waals surface area contributed by atoms with E-state index in [0.717, 1.165) is 51.4 Å². The number of carbonyl (C=O) groups is 2. The topological polar surface area (TPSA) is 94.8 Å². The van der Waals surface area contributed by atoms with E-state index in [-0.39, 0.29) is 33.5 Å². The van der Waals surface area contributed by atoms with Crippen molar-refractivity contribution in [3.8, 4) is 0 Å². The van der Waals surface area contributed by atoms with E-state index >= 15 is 0 Å². The Morgan fingerprint density at radius 3 is 2.16 bits per heavy atom. The van der Waals surface area contributed by atoms with Crippen LogP contribution in [0.2, 0.25) is 0 Å². The second-order valence-electron chi connectivity index (χ2n) is 15.1. The Bertz CT molecular complexity index is 972. The van der Waals surface area contributed by atoms with E-state index in [2.05, 4.69) is 34.6 Å². The van der Waals surface area contributed by atoms with Gasteiger partial charge in [-0.2, -0.15) is 0 Å². The Hall–Kier alpha value is -1.20. The molecule has 0 aromatic heterocycles. The van der Waals surface area contributed by atoms with Crippen LogP contribution >= 0.6 is 0 Å². The van der Waals surface area contributed by atoms with E-state index in [9.17, 15) is 24.9 Å². The van der Waals surface area contributed by atoms with Crippen molar-refractivity contribution in [2.45, 2.75) is 131 Å². The average molecular weight is 517 g/mol.